The van der Waals surface area contributed by atoms with Crippen molar-refractivity contribution < 1.29 is 23.5 Å². The molecule has 136 valence electrons. The molecule has 2 fully saturated rings. The lowest BCUT2D eigenvalue weighted by atomic mass is 9.79. The maximum absolute atomic E-state index is 13.9. The van der Waals surface area contributed by atoms with E-state index in [2.05, 4.69) is 10.3 Å². The molecule has 2 aliphatic carbocycles. The Morgan fingerprint density at radius 3 is 2.62 bits per heavy atom. The molecule has 0 spiro atoms. The van der Waals surface area contributed by atoms with Crippen molar-refractivity contribution in [3.8, 4) is 11.3 Å². The van der Waals surface area contributed by atoms with Crippen molar-refractivity contribution >= 4 is 28.3 Å². The van der Waals surface area contributed by atoms with Crippen LogP contribution in [0.5, 0.6) is 0 Å². The minimum Gasteiger partial charge on any atom is -0.481 e. The van der Waals surface area contributed by atoms with Gasteiger partial charge in [-0.15, -0.1) is 11.3 Å². The lowest BCUT2D eigenvalue weighted by Gasteiger charge is -2.26. The Bertz CT molecular complexity index is 885. The molecule has 1 aromatic heterocycles. The average Bonchev–Trinajstić information content (AvgIpc) is 3.29. The molecule has 2 bridgehead atoms. The van der Waals surface area contributed by atoms with Gasteiger partial charge in [-0.1, -0.05) is 0 Å². The number of anilines is 1. The van der Waals surface area contributed by atoms with Gasteiger partial charge in [0, 0.05) is 17.0 Å². The van der Waals surface area contributed by atoms with Crippen LogP contribution in [0.2, 0.25) is 0 Å². The first kappa shape index (κ1) is 17.1. The summed E-state index contributed by atoms with van der Waals surface area (Å²) in [6.45, 7) is 0. The quantitative estimate of drug-likeness (QED) is 0.849. The van der Waals surface area contributed by atoms with Crippen molar-refractivity contribution in [3.05, 3.63) is 35.2 Å². The van der Waals surface area contributed by atoms with Gasteiger partial charge in [0.15, 0.2) is 5.13 Å². The van der Waals surface area contributed by atoms with E-state index < -0.39 is 29.4 Å². The van der Waals surface area contributed by atoms with Crippen LogP contribution in [0, 0.1) is 35.3 Å². The zero-order valence-electron chi connectivity index (χ0n) is 13.6. The number of rotatable bonds is 4. The van der Waals surface area contributed by atoms with Gasteiger partial charge in [0.25, 0.3) is 0 Å². The molecule has 0 unspecified atom stereocenters. The molecular weight excluding hydrogens is 362 g/mol. The van der Waals surface area contributed by atoms with Crippen LogP contribution < -0.4 is 5.32 Å². The van der Waals surface area contributed by atoms with Gasteiger partial charge < -0.3 is 10.4 Å². The van der Waals surface area contributed by atoms with Crippen LogP contribution in [0.15, 0.2) is 23.6 Å². The van der Waals surface area contributed by atoms with Crippen LogP contribution in [-0.4, -0.2) is 22.0 Å². The minimum atomic E-state index is -0.925. The smallest absolute Gasteiger partial charge is 0.307 e. The Balaban J connectivity index is 1.52. The molecule has 0 radical (unpaired) electrons. The number of carboxylic acid groups (broad SMARTS) is 1. The summed E-state index contributed by atoms with van der Waals surface area (Å²) in [6, 6.07) is 3.21. The fraction of sp³-hybridized carbons (Fsp3) is 0.389. The van der Waals surface area contributed by atoms with Gasteiger partial charge in [0.1, 0.15) is 11.6 Å². The Morgan fingerprint density at radius 1 is 1.19 bits per heavy atom. The Labute approximate surface area is 152 Å². The molecule has 2 aliphatic rings. The minimum absolute atomic E-state index is 0.0633. The monoisotopic (exact) mass is 378 g/mol. The highest BCUT2D eigenvalue weighted by Crippen LogP contribution is 2.52. The van der Waals surface area contributed by atoms with Crippen LogP contribution in [0.3, 0.4) is 0 Å². The second-order valence-electron chi connectivity index (χ2n) is 6.87. The van der Waals surface area contributed by atoms with Crippen LogP contribution in [0.1, 0.15) is 19.3 Å². The molecule has 26 heavy (non-hydrogen) atoms. The van der Waals surface area contributed by atoms with E-state index in [1.54, 1.807) is 5.38 Å². The lowest BCUT2D eigenvalue weighted by Crippen LogP contribution is -2.37. The van der Waals surface area contributed by atoms with Gasteiger partial charge in [-0.2, -0.15) is 0 Å². The van der Waals surface area contributed by atoms with E-state index in [0.29, 0.717) is 5.69 Å². The summed E-state index contributed by atoms with van der Waals surface area (Å²) < 4.78 is 26.9. The summed E-state index contributed by atoms with van der Waals surface area (Å²) in [5, 5.41) is 14.0. The number of hydrogen-bond acceptors (Lipinski definition) is 4. The second kappa shape index (κ2) is 6.42. The number of carbonyl (C=O) groups excluding carboxylic acids is 1. The number of carboxylic acids is 1. The molecule has 2 N–H and O–H groups in total. The number of amides is 1. The molecular formula is C18H16F2N2O3S. The van der Waals surface area contributed by atoms with Gasteiger partial charge in [0.2, 0.25) is 5.91 Å². The molecule has 4 rings (SSSR count). The first-order chi connectivity index (χ1) is 12.4. The van der Waals surface area contributed by atoms with Crippen molar-refractivity contribution in [1.82, 2.24) is 4.98 Å². The number of fused-ring (bicyclic) bond motifs is 2. The fourth-order valence-corrected chi connectivity index (χ4v) is 5.08. The highest BCUT2D eigenvalue weighted by molar-refractivity contribution is 7.14. The number of hydrogen-bond donors (Lipinski definition) is 2. The summed E-state index contributed by atoms with van der Waals surface area (Å²) in [6.07, 6.45) is 2.51. The molecule has 2 aromatic rings. The van der Waals surface area contributed by atoms with Crippen molar-refractivity contribution in [2.75, 3.05) is 5.32 Å². The number of nitrogens with one attached hydrogen (secondary N) is 1. The van der Waals surface area contributed by atoms with E-state index in [-0.39, 0.29) is 28.4 Å². The van der Waals surface area contributed by atoms with E-state index in [1.807, 2.05) is 0 Å². The SMILES string of the molecule is O=C(O)[C@H]1[C@H]2CC[C@H](C2)[C@@H]1C(=O)Nc1nc(-c2ccc(F)cc2F)cs1. The van der Waals surface area contributed by atoms with Gasteiger partial charge in [-0.25, -0.2) is 13.8 Å². The maximum Gasteiger partial charge on any atom is 0.307 e. The molecule has 1 amide bonds. The third kappa shape index (κ3) is 2.88. The third-order valence-corrected chi connectivity index (χ3v) is 6.20. The number of aliphatic carboxylic acids is 1. The molecule has 0 aliphatic heterocycles. The lowest BCUT2D eigenvalue weighted by molar-refractivity contribution is -0.148. The fourth-order valence-electron chi connectivity index (χ4n) is 4.36. The summed E-state index contributed by atoms with van der Waals surface area (Å²) in [5.74, 6) is -3.72. The summed E-state index contributed by atoms with van der Waals surface area (Å²) in [5.41, 5.74) is 0.442. The third-order valence-electron chi connectivity index (χ3n) is 5.45. The Morgan fingerprint density at radius 2 is 1.92 bits per heavy atom. The Hall–Kier alpha value is -2.35. The number of carbonyl (C=O) groups is 2. The first-order valence-corrected chi connectivity index (χ1v) is 9.26. The number of thiazole rings is 1. The van der Waals surface area contributed by atoms with Crippen molar-refractivity contribution in [3.63, 3.8) is 0 Å². The number of aromatic nitrogens is 1. The van der Waals surface area contributed by atoms with Gasteiger partial charge in [-0.3, -0.25) is 9.59 Å². The first-order valence-electron chi connectivity index (χ1n) is 8.38. The maximum atomic E-state index is 13.9. The zero-order valence-corrected chi connectivity index (χ0v) is 14.4. The second-order valence-corrected chi connectivity index (χ2v) is 7.73. The Kier molecular flexibility index (Phi) is 4.22. The van der Waals surface area contributed by atoms with Crippen LogP contribution in [0.4, 0.5) is 13.9 Å². The van der Waals surface area contributed by atoms with Crippen LogP contribution >= 0.6 is 11.3 Å². The predicted octanol–water partition coefficient (Wildman–Crippen LogP) is 3.77. The number of benzene rings is 1. The highest BCUT2D eigenvalue weighted by atomic mass is 32.1. The van der Waals surface area contributed by atoms with E-state index in [9.17, 15) is 23.5 Å². The van der Waals surface area contributed by atoms with Gasteiger partial charge in [-0.05, 0) is 43.2 Å². The molecule has 0 saturated heterocycles. The highest BCUT2D eigenvalue weighted by Gasteiger charge is 2.54. The van der Waals surface area contributed by atoms with Crippen LogP contribution in [-0.2, 0) is 9.59 Å². The topological polar surface area (TPSA) is 79.3 Å². The molecule has 2 saturated carbocycles. The van der Waals surface area contributed by atoms with Crippen LogP contribution in [0.25, 0.3) is 11.3 Å². The van der Waals surface area contributed by atoms with E-state index >= 15 is 0 Å². The largest absolute Gasteiger partial charge is 0.481 e. The van der Waals surface area contributed by atoms with Gasteiger partial charge >= 0.3 is 5.97 Å². The molecule has 8 heteroatoms. The molecule has 1 heterocycles. The van der Waals surface area contributed by atoms with Crippen molar-refractivity contribution in [2.45, 2.75) is 19.3 Å². The normalized spacial score (nSPS) is 26.8. The van der Waals surface area contributed by atoms with Crippen molar-refractivity contribution in [2.24, 2.45) is 23.7 Å². The average molecular weight is 378 g/mol. The standard InChI is InChI=1S/C18H16F2N2O3S/c19-10-3-4-11(12(20)6-10)13-7-26-18(21-13)22-16(23)14-8-1-2-9(5-8)15(14)17(24)25/h3-4,6-9,14-15H,1-2,5H2,(H,24,25)(H,21,22,23)/t8-,9+,14+,15+/m1/s1. The van der Waals surface area contributed by atoms with Gasteiger partial charge in [0.05, 0.1) is 17.5 Å². The number of nitrogens with zero attached hydrogens (tertiary/aromatic N) is 1. The van der Waals surface area contributed by atoms with E-state index in [0.717, 1.165) is 42.7 Å². The number of halogens is 2. The molecule has 4 atom stereocenters. The summed E-state index contributed by atoms with van der Waals surface area (Å²) >= 11 is 1.12. The van der Waals surface area contributed by atoms with E-state index in [4.69, 9.17) is 0 Å². The molecule has 5 nitrogen and oxygen atoms in total. The predicted molar refractivity (Wildman–Crippen MR) is 91.5 cm³/mol. The zero-order chi connectivity index (χ0) is 18.4. The van der Waals surface area contributed by atoms with Crippen molar-refractivity contribution in [1.29, 1.82) is 0 Å². The summed E-state index contributed by atoms with van der Waals surface area (Å²) in [4.78, 5) is 28.4. The van der Waals surface area contributed by atoms with E-state index in [1.165, 1.54) is 6.07 Å². The summed E-state index contributed by atoms with van der Waals surface area (Å²) in [7, 11) is 0. The molecule has 1 aromatic carbocycles.